The third-order valence-electron chi connectivity index (χ3n) is 4.86. The Balaban J connectivity index is 1.77. The van der Waals surface area contributed by atoms with Crippen molar-refractivity contribution in [1.82, 2.24) is 0 Å². The molecule has 0 radical (unpaired) electrons. The molecule has 158 valence electrons. The maximum atomic E-state index is 12.1. The second-order valence-electron chi connectivity index (χ2n) is 8.52. The second kappa shape index (κ2) is 10.3. The van der Waals surface area contributed by atoms with Crippen molar-refractivity contribution >= 4 is 5.97 Å². The van der Waals surface area contributed by atoms with Gasteiger partial charge in [-0.25, -0.2) is 0 Å². The Morgan fingerprint density at radius 1 is 1.00 bits per heavy atom. The minimum Gasteiger partial charge on any atom is -0.507 e. The van der Waals surface area contributed by atoms with Crippen LogP contribution in [-0.4, -0.2) is 24.3 Å². The van der Waals surface area contributed by atoms with Crippen molar-refractivity contribution in [1.29, 1.82) is 0 Å². The third kappa shape index (κ3) is 7.12. The quantitative estimate of drug-likeness (QED) is 0.447. The summed E-state index contributed by atoms with van der Waals surface area (Å²) in [5.41, 5.74) is 3.91. The first-order valence-electron chi connectivity index (χ1n) is 10.4. The average molecular weight is 399 g/mol. The second-order valence-corrected chi connectivity index (χ2v) is 8.52. The maximum absolute atomic E-state index is 12.1. The van der Waals surface area contributed by atoms with E-state index in [1.807, 2.05) is 31.2 Å². The van der Waals surface area contributed by atoms with Gasteiger partial charge in [-0.1, -0.05) is 58.4 Å². The summed E-state index contributed by atoms with van der Waals surface area (Å²) in [6, 6.07) is 12.0. The molecule has 0 fully saturated rings. The highest BCUT2D eigenvalue weighted by Gasteiger charge is 2.20. The van der Waals surface area contributed by atoms with Gasteiger partial charge >= 0.3 is 5.97 Å². The summed E-state index contributed by atoms with van der Waals surface area (Å²) >= 11 is 0. The Morgan fingerprint density at radius 3 is 2.31 bits per heavy atom. The maximum Gasteiger partial charge on any atom is 0.306 e. The normalized spacial score (nSPS) is 11.3. The van der Waals surface area contributed by atoms with Gasteiger partial charge in [0.2, 0.25) is 0 Å². The fourth-order valence-electron chi connectivity index (χ4n) is 3.24. The molecule has 4 nitrogen and oxygen atoms in total. The lowest BCUT2D eigenvalue weighted by Gasteiger charge is -2.22. The number of rotatable bonds is 9. The van der Waals surface area contributed by atoms with E-state index in [4.69, 9.17) is 9.47 Å². The van der Waals surface area contributed by atoms with E-state index < -0.39 is 0 Å². The Bertz CT molecular complexity index is 801. The number of carbonyl (C=O) groups is 1. The van der Waals surface area contributed by atoms with Crippen LogP contribution in [0.15, 0.2) is 36.4 Å². The summed E-state index contributed by atoms with van der Waals surface area (Å²) in [4.78, 5) is 12.1. The van der Waals surface area contributed by atoms with Gasteiger partial charge in [0.15, 0.2) is 0 Å². The highest BCUT2D eigenvalue weighted by Crippen LogP contribution is 2.34. The molecule has 2 aromatic rings. The van der Waals surface area contributed by atoms with Crippen LogP contribution in [0.1, 0.15) is 62.8 Å². The van der Waals surface area contributed by atoms with Crippen molar-refractivity contribution in [2.75, 3.05) is 13.2 Å². The number of carbonyl (C=O) groups excluding carboxylic acids is 1. The summed E-state index contributed by atoms with van der Waals surface area (Å²) in [5.74, 6) is 0.883. The van der Waals surface area contributed by atoms with Crippen LogP contribution < -0.4 is 4.74 Å². The first-order chi connectivity index (χ1) is 13.7. The third-order valence-corrected chi connectivity index (χ3v) is 4.86. The molecule has 0 atom stereocenters. The van der Waals surface area contributed by atoms with Gasteiger partial charge in [-0.05, 0) is 59.6 Å². The number of hydrogen-bond donors (Lipinski definition) is 1. The van der Waals surface area contributed by atoms with Crippen LogP contribution >= 0.6 is 0 Å². The number of hydrogen-bond acceptors (Lipinski definition) is 4. The van der Waals surface area contributed by atoms with Crippen LogP contribution in [0.3, 0.4) is 0 Å². The van der Waals surface area contributed by atoms with Crippen LogP contribution in [0.5, 0.6) is 11.5 Å². The molecule has 4 heteroatoms. The minimum absolute atomic E-state index is 0.155. The van der Waals surface area contributed by atoms with Gasteiger partial charge in [0.05, 0.1) is 0 Å². The van der Waals surface area contributed by atoms with Crippen LogP contribution in [-0.2, 0) is 27.8 Å². The Kier molecular flexibility index (Phi) is 8.12. The highest BCUT2D eigenvalue weighted by atomic mass is 16.6. The summed E-state index contributed by atoms with van der Waals surface area (Å²) < 4.78 is 10.9. The fraction of sp³-hybridized carbons (Fsp3) is 0.480. The smallest absolute Gasteiger partial charge is 0.306 e. The Labute approximate surface area is 174 Å². The lowest BCUT2D eigenvalue weighted by molar-refractivity contribution is -0.144. The number of ether oxygens (including phenoxy) is 2. The molecule has 2 rings (SSSR count). The molecule has 29 heavy (non-hydrogen) atoms. The lowest BCUT2D eigenvalue weighted by Crippen LogP contribution is -2.14. The topological polar surface area (TPSA) is 55.8 Å². The first-order valence-corrected chi connectivity index (χ1v) is 10.4. The molecular formula is C25H34O4. The van der Waals surface area contributed by atoms with Gasteiger partial charge in [0, 0.05) is 6.42 Å². The summed E-state index contributed by atoms with van der Waals surface area (Å²) in [7, 11) is 0. The Hall–Kier alpha value is -2.49. The van der Waals surface area contributed by atoms with Crippen molar-refractivity contribution in [2.45, 2.75) is 65.7 Å². The SMILES string of the molecule is CCCc1ccc(OCCOC(=O)CCc2cc(C)c(O)c(C(C)(C)C)c2)cc1. The van der Waals surface area contributed by atoms with E-state index in [1.165, 1.54) is 5.56 Å². The molecule has 0 unspecified atom stereocenters. The fourth-order valence-corrected chi connectivity index (χ4v) is 3.24. The molecule has 1 N–H and O–H groups in total. The van der Waals surface area contributed by atoms with Gasteiger partial charge in [-0.2, -0.15) is 0 Å². The predicted octanol–water partition coefficient (Wildman–Crippen LogP) is 5.51. The number of esters is 1. The van der Waals surface area contributed by atoms with Gasteiger partial charge in [-0.15, -0.1) is 0 Å². The van der Waals surface area contributed by atoms with Gasteiger partial charge < -0.3 is 14.6 Å². The van der Waals surface area contributed by atoms with E-state index in [0.29, 0.717) is 25.2 Å². The average Bonchev–Trinajstić information content (AvgIpc) is 2.66. The molecule has 2 aromatic carbocycles. The highest BCUT2D eigenvalue weighted by molar-refractivity contribution is 5.69. The van der Waals surface area contributed by atoms with Crippen LogP contribution in [0.4, 0.5) is 0 Å². The van der Waals surface area contributed by atoms with Crippen molar-refractivity contribution in [3.05, 3.63) is 58.7 Å². The van der Waals surface area contributed by atoms with E-state index in [1.54, 1.807) is 0 Å². The zero-order valence-corrected chi connectivity index (χ0v) is 18.4. The van der Waals surface area contributed by atoms with E-state index in [0.717, 1.165) is 35.3 Å². The number of phenols is 1. The molecule has 0 amide bonds. The molecule has 0 aromatic heterocycles. The summed E-state index contributed by atoms with van der Waals surface area (Å²) in [6.45, 7) is 10.8. The zero-order chi connectivity index (χ0) is 21.4. The molecule has 0 saturated carbocycles. The lowest BCUT2D eigenvalue weighted by atomic mass is 9.83. The van der Waals surface area contributed by atoms with Crippen LogP contribution in [0.2, 0.25) is 0 Å². The molecule has 0 spiro atoms. The summed E-state index contributed by atoms with van der Waals surface area (Å²) in [5, 5.41) is 10.3. The number of aromatic hydroxyl groups is 1. The van der Waals surface area contributed by atoms with Crippen molar-refractivity contribution < 1.29 is 19.4 Å². The van der Waals surface area contributed by atoms with Gasteiger partial charge in [0.1, 0.15) is 24.7 Å². The van der Waals surface area contributed by atoms with E-state index in [-0.39, 0.29) is 18.0 Å². The molecular weight excluding hydrogens is 364 g/mol. The van der Waals surface area contributed by atoms with E-state index >= 15 is 0 Å². The Morgan fingerprint density at radius 2 is 1.69 bits per heavy atom. The monoisotopic (exact) mass is 398 g/mol. The molecule has 0 aliphatic heterocycles. The van der Waals surface area contributed by atoms with Crippen LogP contribution in [0.25, 0.3) is 0 Å². The standard InChI is InChI=1S/C25H34O4/c1-6-7-19-8-11-21(12-9-19)28-14-15-29-23(26)13-10-20-16-18(2)24(27)22(17-20)25(3,4)5/h8-9,11-12,16-17,27H,6-7,10,13-15H2,1-5H3. The van der Waals surface area contributed by atoms with E-state index in [9.17, 15) is 9.90 Å². The van der Waals surface area contributed by atoms with Crippen molar-refractivity contribution in [3.8, 4) is 11.5 Å². The molecule has 0 aliphatic rings. The van der Waals surface area contributed by atoms with Crippen molar-refractivity contribution in [3.63, 3.8) is 0 Å². The van der Waals surface area contributed by atoms with Crippen LogP contribution in [0, 0.1) is 6.92 Å². The van der Waals surface area contributed by atoms with Gasteiger partial charge in [0.25, 0.3) is 0 Å². The molecule has 0 bridgehead atoms. The van der Waals surface area contributed by atoms with Gasteiger partial charge in [-0.3, -0.25) is 4.79 Å². The largest absolute Gasteiger partial charge is 0.507 e. The number of benzene rings is 2. The number of phenolic OH excluding ortho intramolecular Hbond substituents is 1. The first kappa shape index (κ1) is 22.8. The minimum atomic E-state index is -0.241. The molecule has 0 saturated heterocycles. The number of aryl methyl sites for hydroxylation is 3. The summed E-state index contributed by atoms with van der Waals surface area (Å²) in [6.07, 6.45) is 3.08. The predicted molar refractivity (Wildman–Crippen MR) is 117 cm³/mol. The molecule has 0 aliphatic carbocycles. The zero-order valence-electron chi connectivity index (χ0n) is 18.4. The molecule has 0 heterocycles. The van der Waals surface area contributed by atoms with E-state index in [2.05, 4.69) is 39.8 Å². The van der Waals surface area contributed by atoms with Crippen molar-refractivity contribution in [2.24, 2.45) is 0 Å².